The fourth-order valence-electron chi connectivity index (χ4n) is 5.07. The van der Waals surface area contributed by atoms with Gasteiger partial charge in [-0.25, -0.2) is 19.9 Å². The average Bonchev–Trinajstić information content (AvgIpc) is 3.38. The van der Waals surface area contributed by atoms with E-state index in [0.29, 0.717) is 30.5 Å². The van der Waals surface area contributed by atoms with Crippen molar-refractivity contribution < 1.29 is 14.6 Å². The predicted octanol–water partition coefficient (Wildman–Crippen LogP) is 3.64. The van der Waals surface area contributed by atoms with Gasteiger partial charge in [-0.05, 0) is 36.5 Å². The Morgan fingerprint density at radius 1 is 1.11 bits per heavy atom. The van der Waals surface area contributed by atoms with E-state index in [1.165, 1.54) is 11.8 Å². The lowest BCUT2D eigenvalue weighted by Gasteiger charge is -2.32. The minimum atomic E-state index is 0.0842. The van der Waals surface area contributed by atoms with Crippen LogP contribution in [0.2, 0.25) is 0 Å². The Labute approximate surface area is 214 Å². The van der Waals surface area contributed by atoms with Gasteiger partial charge in [0.1, 0.15) is 11.3 Å². The molecule has 1 saturated heterocycles. The summed E-state index contributed by atoms with van der Waals surface area (Å²) in [6.45, 7) is 4.03. The second-order valence-corrected chi connectivity index (χ2v) is 9.42. The number of aromatic nitrogens is 6. The number of imidazole rings is 1. The van der Waals surface area contributed by atoms with Crippen LogP contribution in [0.1, 0.15) is 36.6 Å². The number of ether oxygens (including phenoxy) is 2. The molecule has 0 saturated carbocycles. The zero-order chi connectivity index (χ0) is 25.2. The molecule has 1 N–H and O–H groups in total. The Morgan fingerprint density at radius 2 is 2.00 bits per heavy atom. The van der Waals surface area contributed by atoms with Crippen LogP contribution in [0.3, 0.4) is 0 Å². The van der Waals surface area contributed by atoms with E-state index < -0.39 is 0 Å². The van der Waals surface area contributed by atoms with Crippen molar-refractivity contribution in [3.05, 3.63) is 60.5 Å². The van der Waals surface area contributed by atoms with Crippen LogP contribution in [-0.4, -0.2) is 72.9 Å². The van der Waals surface area contributed by atoms with Crippen molar-refractivity contribution in [2.24, 2.45) is 0 Å². The van der Waals surface area contributed by atoms with E-state index >= 15 is 0 Å². The minimum absolute atomic E-state index is 0.0842. The van der Waals surface area contributed by atoms with Crippen molar-refractivity contribution in [3.63, 3.8) is 0 Å². The Bertz CT molecular complexity index is 1430. The molecule has 37 heavy (non-hydrogen) atoms. The molecule has 190 valence electrons. The molecule has 2 aliphatic rings. The van der Waals surface area contributed by atoms with E-state index in [1.54, 1.807) is 19.4 Å². The fraction of sp³-hybridized carbons (Fsp3) is 0.370. The van der Waals surface area contributed by atoms with Gasteiger partial charge in [-0.15, -0.1) is 0 Å². The number of rotatable bonds is 6. The summed E-state index contributed by atoms with van der Waals surface area (Å²) in [5.74, 6) is 1.25. The number of nitrogens with zero attached hydrogens (tertiary/aromatic N) is 7. The van der Waals surface area contributed by atoms with E-state index in [1.807, 2.05) is 18.6 Å². The molecule has 2 aliphatic heterocycles. The molecule has 0 unspecified atom stereocenters. The van der Waals surface area contributed by atoms with Crippen LogP contribution in [0.15, 0.2) is 49.2 Å². The van der Waals surface area contributed by atoms with Gasteiger partial charge in [0.15, 0.2) is 11.5 Å². The van der Waals surface area contributed by atoms with E-state index in [4.69, 9.17) is 24.4 Å². The van der Waals surface area contributed by atoms with Gasteiger partial charge in [0.2, 0.25) is 5.88 Å². The first-order valence-corrected chi connectivity index (χ1v) is 12.6. The molecular formula is C27H29N7O3. The summed E-state index contributed by atoms with van der Waals surface area (Å²) in [5.41, 5.74) is 5.41. The SMILES string of the molecule is COc1ccc(CN2CCC(n3cnc4c(C5=CCOCC5)nc(-c5cncc(O)c5)nc43)CC2)cn1. The summed E-state index contributed by atoms with van der Waals surface area (Å²) >= 11 is 0. The summed E-state index contributed by atoms with van der Waals surface area (Å²) in [7, 11) is 1.63. The van der Waals surface area contributed by atoms with Gasteiger partial charge in [-0.2, -0.15) is 0 Å². The molecule has 0 spiro atoms. The summed E-state index contributed by atoms with van der Waals surface area (Å²) in [5, 5.41) is 10.0. The summed E-state index contributed by atoms with van der Waals surface area (Å²) in [6.07, 6.45) is 11.7. The molecule has 4 aromatic heterocycles. The van der Waals surface area contributed by atoms with Gasteiger partial charge in [0, 0.05) is 49.7 Å². The molecule has 4 aromatic rings. The van der Waals surface area contributed by atoms with Crippen LogP contribution in [0.25, 0.3) is 28.1 Å². The van der Waals surface area contributed by atoms with Gasteiger partial charge in [-0.1, -0.05) is 12.1 Å². The summed E-state index contributed by atoms with van der Waals surface area (Å²) in [4.78, 5) is 25.5. The maximum absolute atomic E-state index is 10.0. The maximum atomic E-state index is 10.0. The number of methoxy groups -OCH3 is 1. The molecule has 0 amide bonds. The lowest BCUT2D eigenvalue weighted by atomic mass is 10.0. The van der Waals surface area contributed by atoms with Crippen molar-refractivity contribution in [2.75, 3.05) is 33.4 Å². The molecule has 0 radical (unpaired) electrons. The first-order chi connectivity index (χ1) is 18.2. The lowest BCUT2D eigenvalue weighted by molar-refractivity contribution is 0.161. The largest absolute Gasteiger partial charge is 0.506 e. The Kier molecular flexibility index (Phi) is 6.50. The van der Waals surface area contributed by atoms with Crippen LogP contribution >= 0.6 is 0 Å². The van der Waals surface area contributed by atoms with Gasteiger partial charge in [-0.3, -0.25) is 9.88 Å². The van der Waals surface area contributed by atoms with Crippen LogP contribution < -0.4 is 4.74 Å². The van der Waals surface area contributed by atoms with E-state index in [0.717, 1.165) is 61.3 Å². The highest BCUT2D eigenvalue weighted by molar-refractivity contribution is 5.87. The molecule has 6 heterocycles. The number of likely N-dealkylation sites (tertiary alicyclic amines) is 1. The van der Waals surface area contributed by atoms with Crippen molar-refractivity contribution in [1.82, 2.24) is 34.4 Å². The summed E-state index contributed by atoms with van der Waals surface area (Å²) < 4.78 is 12.9. The zero-order valence-corrected chi connectivity index (χ0v) is 20.7. The van der Waals surface area contributed by atoms with Gasteiger partial charge < -0.3 is 19.1 Å². The van der Waals surface area contributed by atoms with E-state index in [-0.39, 0.29) is 11.8 Å². The third-order valence-corrected chi connectivity index (χ3v) is 7.03. The minimum Gasteiger partial charge on any atom is -0.506 e. The fourth-order valence-corrected chi connectivity index (χ4v) is 5.07. The highest BCUT2D eigenvalue weighted by Gasteiger charge is 2.25. The van der Waals surface area contributed by atoms with Crippen LogP contribution in [0, 0.1) is 0 Å². The van der Waals surface area contributed by atoms with Gasteiger partial charge >= 0.3 is 0 Å². The maximum Gasteiger partial charge on any atom is 0.212 e. The van der Waals surface area contributed by atoms with E-state index in [9.17, 15) is 5.11 Å². The van der Waals surface area contributed by atoms with Gasteiger partial charge in [0.25, 0.3) is 0 Å². The standard InChI is InChI=1S/C27H29N7O3/c1-36-23-3-2-18(13-29-23)16-33-8-4-21(5-9-33)34-17-30-25-24(19-6-10-37-11-7-19)31-26(32-27(25)34)20-12-22(35)15-28-14-20/h2-3,6,12-15,17,21,35H,4-5,7-11,16H2,1H3. The van der Waals surface area contributed by atoms with Gasteiger partial charge in [0.05, 0.1) is 38.5 Å². The molecule has 6 rings (SSSR count). The van der Waals surface area contributed by atoms with Crippen LogP contribution in [0.4, 0.5) is 0 Å². The quantitative estimate of drug-likeness (QED) is 0.425. The number of pyridine rings is 2. The molecule has 1 fully saturated rings. The average molecular weight is 500 g/mol. The molecular weight excluding hydrogens is 470 g/mol. The molecule has 0 bridgehead atoms. The van der Waals surface area contributed by atoms with Crippen molar-refractivity contribution in [2.45, 2.75) is 31.8 Å². The molecule has 0 atom stereocenters. The highest BCUT2D eigenvalue weighted by Crippen LogP contribution is 2.32. The molecule has 0 aliphatic carbocycles. The molecule has 10 heteroatoms. The highest BCUT2D eigenvalue weighted by atomic mass is 16.5. The first kappa shape index (κ1) is 23.5. The number of hydrogen-bond donors (Lipinski definition) is 1. The smallest absolute Gasteiger partial charge is 0.212 e. The Balaban J connectivity index is 1.28. The number of hydrogen-bond acceptors (Lipinski definition) is 9. The topological polar surface area (TPSA) is 111 Å². The Hall–Kier alpha value is -3.89. The monoisotopic (exact) mass is 499 g/mol. The predicted molar refractivity (Wildman–Crippen MR) is 138 cm³/mol. The zero-order valence-electron chi connectivity index (χ0n) is 20.7. The van der Waals surface area contributed by atoms with Crippen molar-refractivity contribution >= 4 is 16.7 Å². The third kappa shape index (κ3) is 4.90. The second kappa shape index (κ2) is 10.2. The second-order valence-electron chi connectivity index (χ2n) is 9.42. The van der Waals surface area contributed by atoms with Crippen LogP contribution in [0.5, 0.6) is 11.6 Å². The van der Waals surface area contributed by atoms with Crippen molar-refractivity contribution in [1.29, 1.82) is 0 Å². The van der Waals surface area contributed by atoms with E-state index in [2.05, 4.69) is 31.6 Å². The molecule has 0 aromatic carbocycles. The number of aromatic hydroxyl groups is 1. The van der Waals surface area contributed by atoms with Crippen LogP contribution in [-0.2, 0) is 11.3 Å². The third-order valence-electron chi connectivity index (χ3n) is 7.03. The first-order valence-electron chi connectivity index (χ1n) is 12.6. The lowest BCUT2D eigenvalue weighted by Crippen LogP contribution is -2.34. The normalized spacial score (nSPS) is 17.2. The summed E-state index contributed by atoms with van der Waals surface area (Å²) in [6, 6.07) is 5.91. The van der Waals surface area contributed by atoms with Crippen molar-refractivity contribution in [3.8, 4) is 23.0 Å². The number of piperidine rings is 1. The number of fused-ring (bicyclic) bond motifs is 1. The molecule has 10 nitrogen and oxygen atoms in total. The Morgan fingerprint density at radius 3 is 2.73 bits per heavy atom.